The number of allylic oxidation sites excluding steroid dienone is 2. The van der Waals surface area contributed by atoms with Gasteiger partial charge < -0.3 is 10.1 Å². The van der Waals surface area contributed by atoms with Crippen LogP contribution in [0.4, 0.5) is 15.9 Å². The number of aromatic nitrogens is 2. The molecule has 4 aromatic rings. The molecule has 0 amide bonds. The van der Waals surface area contributed by atoms with Crippen molar-refractivity contribution in [2.75, 3.05) is 31.3 Å². The quantitative estimate of drug-likeness (QED) is 0.141. The van der Waals surface area contributed by atoms with Crippen molar-refractivity contribution in [3.8, 4) is 22.5 Å². The third-order valence-corrected chi connectivity index (χ3v) is 6.60. The first-order valence-corrected chi connectivity index (χ1v) is 13.0. The van der Waals surface area contributed by atoms with Crippen molar-refractivity contribution >= 4 is 23.0 Å². The Kier molecular flexibility index (Phi) is 9.84. The molecule has 0 spiro atoms. The molecule has 5 nitrogen and oxygen atoms in total. The number of halogens is 2. The van der Waals surface area contributed by atoms with Crippen LogP contribution in [0.15, 0.2) is 96.8 Å². The number of methoxy groups -OCH3 is 1. The summed E-state index contributed by atoms with van der Waals surface area (Å²) in [6.07, 6.45) is 10.5. The number of nitrogens with one attached hydrogen (secondary N) is 1. The third kappa shape index (κ3) is 7.40. The molecule has 0 radical (unpaired) electrons. The summed E-state index contributed by atoms with van der Waals surface area (Å²) in [7, 11) is 3.38. The van der Waals surface area contributed by atoms with Gasteiger partial charge in [-0.1, -0.05) is 64.1 Å². The molecule has 1 heterocycles. The van der Waals surface area contributed by atoms with Crippen LogP contribution in [0.5, 0.6) is 0 Å². The normalized spacial score (nSPS) is 12.2. The Morgan fingerprint density at radius 2 is 1.47 bits per heavy atom. The Balaban J connectivity index is 0.000000181. The Bertz CT molecular complexity index is 1320. The van der Waals surface area contributed by atoms with E-state index in [4.69, 9.17) is 16.3 Å². The molecule has 1 aliphatic rings. The minimum absolute atomic E-state index is 0.0383. The zero-order valence-electron chi connectivity index (χ0n) is 21.7. The monoisotopic (exact) mass is 530 g/mol. The van der Waals surface area contributed by atoms with Crippen molar-refractivity contribution in [3.05, 3.63) is 107 Å². The number of hydrogen-bond donors (Lipinski definition) is 1. The Morgan fingerprint density at radius 1 is 0.895 bits per heavy atom. The summed E-state index contributed by atoms with van der Waals surface area (Å²) < 4.78 is 18.1. The van der Waals surface area contributed by atoms with E-state index in [1.54, 1.807) is 30.1 Å². The molecule has 1 saturated carbocycles. The molecule has 0 unspecified atom stereocenters. The van der Waals surface area contributed by atoms with E-state index in [1.165, 1.54) is 31.9 Å². The second kappa shape index (κ2) is 13.7. The maximum Gasteiger partial charge on any atom is 0.148 e. The lowest BCUT2D eigenvalue weighted by Crippen LogP contribution is -2.14. The van der Waals surface area contributed by atoms with Crippen LogP contribution in [0.25, 0.3) is 22.5 Å². The number of anilines is 2. The summed E-state index contributed by atoms with van der Waals surface area (Å²) in [5.41, 5.74) is 8.13. The van der Waals surface area contributed by atoms with E-state index < -0.39 is 0 Å². The number of nitrogens with zero attached hydrogens (tertiary/aromatic N) is 3. The maximum absolute atomic E-state index is 13.3. The number of ether oxygens (including phenoxy) is 1. The molecule has 7 heteroatoms. The molecule has 0 saturated heterocycles. The van der Waals surface area contributed by atoms with Crippen LogP contribution in [-0.4, -0.2) is 30.9 Å². The van der Waals surface area contributed by atoms with Crippen LogP contribution < -0.4 is 10.4 Å². The third-order valence-electron chi connectivity index (χ3n) is 6.34. The zero-order valence-corrected chi connectivity index (χ0v) is 22.5. The highest BCUT2D eigenvalue weighted by molar-refractivity contribution is 6.30. The van der Waals surface area contributed by atoms with Crippen molar-refractivity contribution in [3.63, 3.8) is 0 Å². The second-order valence-electron chi connectivity index (χ2n) is 8.95. The molecule has 0 aliphatic heterocycles. The molecule has 3 aromatic carbocycles. The predicted molar refractivity (Wildman–Crippen MR) is 155 cm³/mol. The molecule has 1 N–H and O–H groups in total. The molecule has 196 valence electrons. The van der Waals surface area contributed by atoms with E-state index in [-0.39, 0.29) is 6.73 Å². The summed E-state index contributed by atoms with van der Waals surface area (Å²) in [6.45, 7) is -0.0383. The Morgan fingerprint density at radius 3 is 1.97 bits per heavy atom. The van der Waals surface area contributed by atoms with Gasteiger partial charge in [0.05, 0.1) is 17.1 Å². The van der Waals surface area contributed by atoms with Crippen LogP contribution in [0.2, 0.25) is 5.02 Å². The van der Waals surface area contributed by atoms with Gasteiger partial charge in [-0.3, -0.25) is 9.97 Å². The van der Waals surface area contributed by atoms with Crippen LogP contribution in [0, 0.1) is 0 Å². The summed E-state index contributed by atoms with van der Waals surface area (Å²) in [4.78, 5) is 8.96. The summed E-state index contributed by atoms with van der Waals surface area (Å²) in [6, 6.07) is 23.3. The maximum atomic E-state index is 13.3. The lowest BCUT2D eigenvalue weighted by Gasteiger charge is -2.16. The smallest absolute Gasteiger partial charge is 0.148 e. The van der Waals surface area contributed by atoms with E-state index in [2.05, 4.69) is 21.4 Å². The van der Waals surface area contributed by atoms with Crippen LogP contribution >= 0.6 is 11.6 Å². The molecule has 1 fully saturated rings. The SMILES string of the molecule is CNc1ccc(-c2nccnc2-c2ccc(Cl)cc2)cc1.COCN(F)c1ccc(CC=C2CCC2)cc1. The average Bonchev–Trinajstić information content (AvgIpc) is 2.94. The lowest BCUT2D eigenvalue weighted by molar-refractivity contribution is 0.157. The Labute approximate surface area is 228 Å². The minimum atomic E-state index is -0.0383. The zero-order chi connectivity index (χ0) is 26.7. The van der Waals surface area contributed by atoms with Gasteiger partial charge in [0.15, 0.2) is 0 Å². The molecule has 1 aromatic heterocycles. The molecule has 38 heavy (non-hydrogen) atoms. The van der Waals surface area contributed by atoms with Gasteiger partial charge in [0.1, 0.15) is 6.73 Å². The van der Waals surface area contributed by atoms with Crippen LogP contribution in [0.1, 0.15) is 24.8 Å². The van der Waals surface area contributed by atoms with Crippen LogP contribution in [-0.2, 0) is 11.2 Å². The fourth-order valence-corrected chi connectivity index (χ4v) is 4.12. The van der Waals surface area contributed by atoms with Gasteiger partial charge in [0, 0.05) is 48.4 Å². The summed E-state index contributed by atoms with van der Waals surface area (Å²) >= 11 is 5.95. The van der Waals surface area contributed by atoms with Crippen molar-refractivity contribution < 1.29 is 9.22 Å². The van der Waals surface area contributed by atoms with Gasteiger partial charge in [-0.25, -0.2) is 0 Å². The molecule has 5 rings (SSSR count). The van der Waals surface area contributed by atoms with Gasteiger partial charge in [-0.15, -0.1) is 0 Å². The lowest BCUT2D eigenvalue weighted by atomic mass is 9.91. The Hall–Kier alpha value is -3.74. The molecule has 0 bridgehead atoms. The highest BCUT2D eigenvalue weighted by atomic mass is 35.5. The number of hydrogen-bond acceptors (Lipinski definition) is 5. The first-order chi connectivity index (χ1) is 18.6. The van der Waals surface area contributed by atoms with E-state index in [1.807, 2.05) is 67.7 Å². The van der Waals surface area contributed by atoms with E-state index in [0.717, 1.165) is 34.6 Å². The molecular formula is C31H32ClFN4O. The number of rotatable bonds is 8. The average molecular weight is 531 g/mol. The standard InChI is InChI=1S/C17H14ClN3.C14H18FNO/c1-19-15-8-4-13(5-9-15)17-16(20-10-11-21-17)12-2-6-14(18)7-3-12;1-17-11-16(15)14-9-7-13(8-10-14)6-5-12-3-2-4-12/h2-11,19H,1H3;5,7-10H,2-4,6,11H2,1H3. The summed E-state index contributed by atoms with van der Waals surface area (Å²) in [5, 5.41) is 4.41. The molecule has 0 atom stereocenters. The largest absolute Gasteiger partial charge is 0.388 e. The first kappa shape index (κ1) is 27.3. The molecular weight excluding hydrogens is 499 g/mol. The topological polar surface area (TPSA) is 50.3 Å². The van der Waals surface area contributed by atoms with E-state index in [0.29, 0.717) is 15.8 Å². The number of benzene rings is 3. The van der Waals surface area contributed by atoms with Crippen molar-refractivity contribution in [1.29, 1.82) is 0 Å². The second-order valence-corrected chi connectivity index (χ2v) is 9.39. The van der Waals surface area contributed by atoms with Crippen LogP contribution in [0.3, 0.4) is 0 Å². The molecule has 1 aliphatic carbocycles. The minimum Gasteiger partial charge on any atom is -0.388 e. The predicted octanol–water partition coefficient (Wildman–Crippen LogP) is 8.14. The van der Waals surface area contributed by atoms with Crippen molar-refractivity contribution in [2.24, 2.45) is 0 Å². The first-order valence-electron chi connectivity index (χ1n) is 12.6. The van der Waals surface area contributed by atoms with Gasteiger partial charge in [-0.2, -0.15) is 5.12 Å². The van der Waals surface area contributed by atoms with E-state index >= 15 is 0 Å². The summed E-state index contributed by atoms with van der Waals surface area (Å²) in [5.74, 6) is 0. The van der Waals surface area contributed by atoms with E-state index in [9.17, 15) is 4.48 Å². The van der Waals surface area contributed by atoms with Crippen molar-refractivity contribution in [2.45, 2.75) is 25.7 Å². The fourth-order valence-electron chi connectivity index (χ4n) is 3.99. The van der Waals surface area contributed by atoms with Gasteiger partial charge in [-0.05, 0) is 67.6 Å². The highest BCUT2D eigenvalue weighted by Crippen LogP contribution is 2.30. The highest BCUT2D eigenvalue weighted by Gasteiger charge is 2.10. The van der Waals surface area contributed by atoms with Gasteiger partial charge in [0.2, 0.25) is 0 Å². The fraction of sp³-hybridized carbons (Fsp3) is 0.226. The van der Waals surface area contributed by atoms with Gasteiger partial charge >= 0.3 is 0 Å². The van der Waals surface area contributed by atoms with Gasteiger partial charge in [0.25, 0.3) is 0 Å². The van der Waals surface area contributed by atoms with Crippen molar-refractivity contribution in [1.82, 2.24) is 9.97 Å².